The molecule has 0 bridgehead atoms. The number of rotatable bonds is 6. The molecular weight excluding hydrogens is 388 g/mol. The van der Waals surface area contributed by atoms with Crippen molar-refractivity contribution in [1.29, 1.82) is 0 Å². The van der Waals surface area contributed by atoms with E-state index in [1.165, 1.54) is 9.88 Å². The van der Waals surface area contributed by atoms with Gasteiger partial charge in [0.2, 0.25) is 15.9 Å². The van der Waals surface area contributed by atoms with Gasteiger partial charge in [-0.05, 0) is 56.4 Å². The fourth-order valence-electron chi connectivity index (χ4n) is 4.19. The van der Waals surface area contributed by atoms with Crippen LogP contribution in [0.3, 0.4) is 0 Å². The van der Waals surface area contributed by atoms with E-state index in [9.17, 15) is 13.2 Å². The van der Waals surface area contributed by atoms with Gasteiger partial charge < -0.3 is 9.64 Å². The topological polar surface area (TPSA) is 66.9 Å². The highest BCUT2D eigenvalue weighted by Crippen LogP contribution is 2.60. The number of hydrogen-bond acceptors (Lipinski definition) is 4. The number of piperazine rings is 1. The summed E-state index contributed by atoms with van der Waals surface area (Å²) in [6.45, 7) is 12.3. The average Bonchev–Trinajstić information content (AvgIpc) is 3.21. The Kier molecular flexibility index (Phi) is 6.11. The third kappa shape index (κ3) is 4.36. The smallest absolute Gasteiger partial charge is 0.243 e. The lowest BCUT2D eigenvalue weighted by Gasteiger charge is -2.34. The number of carbonyl (C=O) groups excluding carboxylic acids is 1. The number of nitrogens with zero attached hydrogens (tertiary/aromatic N) is 2. The molecule has 0 radical (unpaired) electrons. The van der Waals surface area contributed by atoms with Gasteiger partial charge in [-0.1, -0.05) is 25.5 Å². The van der Waals surface area contributed by atoms with Crippen LogP contribution >= 0.6 is 0 Å². The molecule has 1 heterocycles. The molecule has 2 fully saturated rings. The van der Waals surface area contributed by atoms with Crippen molar-refractivity contribution in [3.63, 3.8) is 0 Å². The Hall–Kier alpha value is -1.86. The molecule has 160 valence electrons. The first-order valence-electron chi connectivity index (χ1n) is 10.3. The number of allylic oxidation sites excluding steroid dienone is 2. The van der Waals surface area contributed by atoms with Gasteiger partial charge in [-0.15, -0.1) is 0 Å². The maximum absolute atomic E-state index is 13.0. The maximum atomic E-state index is 13.0. The summed E-state index contributed by atoms with van der Waals surface area (Å²) < 4.78 is 32.7. The summed E-state index contributed by atoms with van der Waals surface area (Å²) in [6.07, 6.45) is 2.19. The summed E-state index contributed by atoms with van der Waals surface area (Å²) in [5.74, 6) is 1.06. The summed E-state index contributed by atoms with van der Waals surface area (Å²) in [6, 6.07) is 6.51. The fourth-order valence-corrected chi connectivity index (χ4v) is 5.61. The first-order chi connectivity index (χ1) is 13.6. The molecule has 2 unspecified atom stereocenters. The van der Waals surface area contributed by atoms with E-state index in [-0.39, 0.29) is 28.1 Å². The third-order valence-corrected chi connectivity index (χ3v) is 7.93. The first kappa shape index (κ1) is 21.8. The van der Waals surface area contributed by atoms with Gasteiger partial charge in [0.15, 0.2) is 0 Å². The van der Waals surface area contributed by atoms with E-state index in [0.29, 0.717) is 38.5 Å². The monoisotopic (exact) mass is 420 g/mol. The highest BCUT2D eigenvalue weighted by Gasteiger charge is 2.61. The second-order valence-electron chi connectivity index (χ2n) is 8.70. The quantitative estimate of drug-likeness (QED) is 0.663. The first-order valence-corrected chi connectivity index (χ1v) is 11.7. The lowest BCUT2D eigenvalue weighted by atomic mass is 10.1. The van der Waals surface area contributed by atoms with Crippen LogP contribution in [0.4, 0.5) is 0 Å². The van der Waals surface area contributed by atoms with Crippen LogP contribution in [0.2, 0.25) is 0 Å². The summed E-state index contributed by atoms with van der Waals surface area (Å²) in [7, 11) is -3.57. The van der Waals surface area contributed by atoms with Gasteiger partial charge in [-0.3, -0.25) is 4.79 Å². The van der Waals surface area contributed by atoms with Crippen LogP contribution in [0.1, 0.15) is 34.6 Å². The minimum Gasteiger partial charge on any atom is -0.494 e. The highest BCUT2D eigenvalue weighted by atomic mass is 32.2. The standard InChI is InChI=1S/C22H32N2O4S/c1-6-28-17-7-9-18(10-8-17)29(26,27)24-13-11-23(12-14-24)21(25)20-19(15-16(2)3)22(20,4)5/h7-10,15,19-20H,6,11-14H2,1-5H3. The van der Waals surface area contributed by atoms with E-state index < -0.39 is 10.0 Å². The summed E-state index contributed by atoms with van der Waals surface area (Å²) in [5, 5.41) is 0. The van der Waals surface area contributed by atoms with Crippen LogP contribution in [0.5, 0.6) is 5.75 Å². The molecule has 2 aliphatic rings. The summed E-state index contributed by atoms with van der Waals surface area (Å²) >= 11 is 0. The summed E-state index contributed by atoms with van der Waals surface area (Å²) in [4.78, 5) is 15.1. The van der Waals surface area contributed by atoms with Crippen LogP contribution in [0, 0.1) is 17.3 Å². The van der Waals surface area contributed by atoms with Crippen LogP contribution in [-0.4, -0.2) is 56.3 Å². The second-order valence-corrected chi connectivity index (χ2v) is 10.6. The van der Waals surface area contributed by atoms with E-state index in [1.54, 1.807) is 24.3 Å². The van der Waals surface area contributed by atoms with E-state index in [0.717, 1.165) is 0 Å². The Morgan fingerprint density at radius 2 is 1.72 bits per heavy atom. The zero-order valence-corrected chi connectivity index (χ0v) is 18.8. The molecule has 1 aromatic carbocycles. The number of sulfonamides is 1. The summed E-state index contributed by atoms with van der Waals surface area (Å²) in [5.41, 5.74) is 1.20. The Morgan fingerprint density at radius 3 is 2.24 bits per heavy atom. The second kappa shape index (κ2) is 8.11. The van der Waals surface area contributed by atoms with Crippen molar-refractivity contribution in [3.8, 4) is 5.75 Å². The minimum atomic E-state index is -3.57. The molecule has 29 heavy (non-hydrogen) atoms. The number of hydrogen-bond donors (Lipinski definition) is 0. The van der Waals surface area contributed by atoms with Gasteiger partial charge in [0.1, 0.15) is 5.75 Å². The Balaban J connectivity index is 1.63. The van der Waals surface area contributed by atoms with Crippen molar-refractivity contribution in [3.05, 3.63) is 35.9 Å². The van der Waals surface area contributed by atoms with Crippen molar-refractivity contribution in [2.24, 2.45) is 17.3 Å². The van der Waals surface area contributed by atoms with Gasteiger partial charge in [-0.2, -0.15) is 4.31 Å². The van der Waals surface area contributed by atoms with Crippen molar-refractivity contribution in [2.45, 2.75) is 39.5 Å². The third-order valence-electron chi connectivity index (χ3n) is 6.01. The number of benzene rings is 1. The fraction of sp³-hybridized carbons (Fsp3) is 0.591. The number of ether oxygens (including phenoxy) is 1. The molecule has 0 spiro atoms. The molecule has 2 atom stereocenters. The maximum Gasteiger partial charge on any atom is 0.243 e. The Bertz CT molecular complexity index is 878. The van der Waals surface area contributed by atoms with Gasteiger partial charge in [-0.25, -0.2) is 8.42 Å². The largest absolute Gasteiger partial charge is 0.494 e. The highest BCUT2D eigenvalue weighted by molar-refractivity contribution is 7.89. The van der Waals surface area contributed by atoms with Crippen molar-refractivity contribution in [2.75, 3.05) is 32.8 Å². The Labute approximate surface area is 174 Å². The molecule has 7 heteroatoms. The zero-order valence-electron chi connectivity index (χ0n) is 18.0. The van der Waals surface area contributed by atoms with E-state index >= 15 is 0 Å². The van der Waals surface area contributed by atoms with Gasteiger partial charge in [0, 0.05) is 26.2 Å². The molecule has 0 aromatic heterocycles. The molecule has 0 N–H and O–H groups in total. The lowest BCUT2D eigenvalue weighted by molar-refractivity contribution is -0.134. The van der Waals surface area contributed by atoms with E-state index in [4.69, 9.17) is 4.74 Å². The van der Waals surface area contributed by atoms with Crippen LogP contribution < -0.4 is 4.74 Å². The molecule has 6 nitrogen and oxygen atoms in total. The van der Waals surface area contributed by atoms with Gasteiger partial charge in [0.25, 0.3) is 0 Å². The van der Waals surface area contributed by atoms with Crippen molar-refractivity contribution in [1.82, 2.24) is 9.21 Å². The molecule has 1 aliphatic heterocycles. The Morgan fingerprint density at radius 1 is 1.14 bits per heavy atom. The molecule has 1 saturated carbocycles. The van der Waals surface area contributed by atoms with Gasteiger partial charge >= 0.3 is 0 Å². The molecule has 1 saturated heterocycles. The van der Waals surface area contributed by atoms with Gasteiger partial charge in [0.05, 0.1) is 17.4 Å². The molecule has 3 rings (SSSR count). The zero-order chi connectivity index (χ0) is 21.4. The predicted molar refractivity (Wildman–Crippen MR) is 113 cm³/mol. The normalized spacial score (nSPS) is 24.1. The number of amides is 1. The van der Waals surface area contributed by atoms with E-state index in [1.807, 2.05) is 11.8 Å². The van der Waals surface area contributed by atoms with Crippen molar-refractivity contribution < 1.29 is 17.9 Å². The minimum absolute atomic E-state index is 0.00772. The lowest BCUT2D eigenvalue weighted by Crippen LogP contribution is -2.51. The van der Waals surface area contributed by atoms with Crippen LogP contribution in [-0.2, 0) is 14.8 Å². The van der Waals surface area contributed by atoms with Crippen LogP contribution in [0.15, 0.2) is 40.8 Å². The molecule has 1 aliphatic carbocycles. The molecule has 1 aromatic rings. The predicted octanol–water partition coefficient (Wildman–Crippen LogP) is 3.16. The van der Waals surface area contributed by atoms with Crippen molar-refractivity contribution >= 4 is 15.9 Å². The average molecular weight is 421 g/mol. The SMILES string of the molecule is CCOc1ccc(S(=O)(=O)N2CCN(C(=O)C3C(C=C(C)C)C3(C)C)CC2)cc1. The molecule has 1 amide bonds. The number of carbonyl (C=O) groups is 1. The van der Waals surface area contributed by atoms with Crippen LogP contribution in [0.25, 0.3) is 0 Å². The van der Waals surface area contributed by atoms with E-state index in [2.05, 4.69) is 33.8 Å². The molecular formula is C22H32N2O4S.